The molecule has 0 unspecified atom stereocenters. The van der Waals surface area contributed by atoms with Crippen molar-refractivity contribution in [2.75, 3.05) is 12.8 Å². The number of carbonyl (C=O) groups is 1. The molecule has 2 aromatic rings. The molecule has 3 N–H and O–H groups in total. The number of nitrogens with one attached hydrogen (secondary N) is 1. The van der Waals surface area contributed by atoms with Crippen LogP contribution in [0.5, 0.6) is 0 Å². The van der Waals surface area contributed by atoms with Gasteiger partial charge in [0.25, 0.3) is 0 Å². The smallest absolute Gasteiger partial charge is 0.328 e. The van der Waals surface area contributed by atoms with Crippen molar-refractivity contribution in [3.8, 4) is 0 Å². The van der Waals surface area contributed by atoms with Gasteiger partial charge in [0.05, 0.1) is 13.4 Å². The second-order valence-electron chi connectivity index (χ2n) is 3.48. The summed E-state index contributed by atoms with van der Waals surface area (Å²) in [6.45, 7) is 1.69. The highest BCUT2D eigenvalue weighted by Gasteiger charge is 2.19. The molecule has 0 saturated heterocycles. The van der Waals surface area contributed by atoms with Crippen LogP contribution >= 0.6 is 12.2 Å². The molecule has 17 heavy (non-hydrogen) atoms. The average Bonchev–Trinajstić information content (AvgIpc) is 2.70. The molecule has 0 aromatic carbocycles. The topological polar surface area (TPSA) is 98.8 Å². The Morgan fingerprint density at radius 1 is 1.71 bits per heavy atom. The van der Waals surface area contributed by atoms with Gasteiger partial charge >= 0.3 is 5.97 Å². The quantitative estimate of drug-likeness (QED) is 0.607. The van der Waals surface area contributed by atoms with Crippen molar-refractivity contribution in [1.82, 2.24) is 19.5 Å². The number of ether oxygens (including phenoxy) is 1. The summed E-state index contributed by atoms with van der Waals surface area (Å²) in [5, 5.41) is 0. The van der Waals surface area contributed by atoms with E-state index in [0.29, 0.717) is 15.8 Å². The second-order valence-corrected chi connectivity index (χ2v) is 3.86. The lowest BCUT2D eigenvalue weighted by Crippen LogP contribution is -2.17. The first-order valence-electron chi connectivity index (χ1n) is 4.84. The maximum Gasteiger partial charge on any atom is 0.328 e. The lowest BCUT2D eigenvalue weighted by atomic mass is 10.3. The Labute approximate surface area is 102 Å². The summed E-state index contributed by atoms with van der Waals surface area (Å²) in [5.74, 6) is -0.186. The minimum Gasteiger partial charge on any atom is -0.467 e. The first-order valence-corrected chi connectivity index (χ1v) is 5.25. The summed E-state index contributed by atoms with van der Waals surface area (Å²) >= 11 is 5.10. The van der Waals surface area contributed by atoms with Crippen molar-refractivity contribution in [3.63, 3.8) is 0 Å². The first kappa shape index (κ1) is 11.5. The number of aromatic amines is 1. The molecule has 0 aliphatic carbocycles. The molecular formula is C9H11N5O2S. The Hall–Kier alpha value is -1.96. The Morgan fingerprint density at radius 2 is 2.41 bits per heavy atom. The largest absolute Gasteiger partial charge is 0.467 e. The monoisotopic (exact) mass is 253 g/mol. The molecule has 0 bridgehead atoms. The Kier molecular flexibility index (Phi) is 2.80. The SMILES string of the molecule is COC(=O)[C@H](C)n1cnc2[nH]c(N)nc(=S)c21. The molecule has 2 rings (SSSR count). The number of carbonyl (C=O) groups excluding carboxylic acids is 1. The van der Waals surface area contributed by atoms with Gasteiger partial charge in [-0.3, -0.25) is 0 Å². The zero-order valence-electron chi connectivity index (χ0n) is 9.30. The van der Waals surface area contributed by atoms with Crippen LogP contribution in [0.25, 0.3) is 11.2 Å². The summed E-state index contributed by atoms with van der Waals surface area (Å²) in [5.41, 5.74) is 6.58. The average molecular weight is 253 g/mol. The van der Waals surface area contributed by atoms with E-state index in [1.807, 2.05) is 0 Å². The zero-order chi connectivity index (χ0) is 12.6. The summed E-state index contributed by atoms with van der Waals surface area (Å²) in [6, 6.07) is -0.523. The molecule has 1 atom stereocenters. The molecule has 8 heteroatoms. The minimum absolute atomic E-state index is 0.193. The van der Waals surface area contributed by atoms with Gasteiger partial charge in [0.15, 0.2) is 10.3 Å². The molecule has 7 nitrogen and oxygen atoms in total. The molecule has 2 aromatic heterocycles. The molecule has 2 heterocycles. The van der Waals surface area contributed by atoms with Gasteiger partial charge in [-0.2, -0.15) is 0 Å². The molecule has 0 aliphatic heterocycles. The van der Waals surface area contributed by atoms with Crippen LogP contribution in [0.2, 0.25) is 0 Å². The summed E-state index contributed by atoms with van der Waals surface area (Å²) in [7, 11) is 1.33. The van der Waals surface area contributed by atoms with E-state index in [-0.39, 0.29) is 11.9 Å². The molecule has 0 saturated carbocycles. The van der Waals surface area contributed by atoms with Crippen LogP contribution in [-0.4, -0.2) is 32.6 Å². The summed E-state index contributed by atoms with van der Waals surface area (Å²) in [6.07, 6.45) is 1.50. The number of nitrogen functional groups attached to an aromatic ring is 1. The summed E-state index contributed by atoms with van der Waals surface area (Å²) in [4.78, 5) is 22.3. The van der Waals surface area contributed by atoms with Crippen molar-refractivity contribution in [2.24, 2.45) is 0 Å². The van der Waals surface area contributed by atoms with Crippen LogP contribution in [0.3, 0.4) is 0 Å². The van der Waals surface area contributed by atoms with Gasteiger partial charge in [-0.1, -0.05) is 12.2 Å². The number of fused-ring (bicyclic) bond motifs is 1. The third-order valence-corrected chi connectivity index (χ3v) is 2.71. The van der Waals surface area contributed by atoms with Crippen molar-refractivity contribution >= 4 is 35.3 Å². The van der Waals surface area contributed by atoms with E-state index in [0.717, 1.165) is 0 Å². The maximum absolute atomic E-state index is 11.5. The van der Waals surface area contributed by atoms with Gasteiger partial charge in [0.1, 0.15) is 11.6 Å². The van der Waals surface area contributed by atoms with Crippen molar-refractivity contribution in [3.05, 3.63) is 11.0 Å². The van der Waals surface area contributed by atoms with E-state index < -0.39 is 6.04 Å². The molecular weight excluding hydrogens is 242 g/mol. The molecule has 0 fully saturated rings. The number of H-pyrrole nitrogens is 1. The predicted molar refractivity (Wildman–Crippen MR) is 63.9 cm³/mol. The van der Waals surface area contributed by atoms with E-state index in [9.17, 15) is 4.79 Å². The maximum atomic E-state index is 11.5. The van der Waals surface area contributed by atoms with Gasteiger partial charge in [-0.25, -0.2) is 14.8 Å². The van der Waals surface area contributed by atoms with Crippen molar-refractivity contribution < 1.29 is 9.53 Å². The number of esters is 1. The lowest BCUT2D eigenvalue weighted by molar-refractivity contribution is -0.143. The van der Waals surface area contributed by atoms with Crippen LogP contribution in [0.4, 0.5) is 5.95 Å². The third kappa shape index (κ3) is 1.86. The normalized spacial score (nSPS) is 12.6. The van der Waals surface area contributed by atoms with Crippen LogP contribution < -0.4 is 5.73 Å². The highest BCUT2D eigenvalue weighted by molar-refractivity contribution is 7.71. The predicted octanol–water partition coefficient (Wildman–Crippen LogP) is 0.805. The number of nitrogens with zero attached hydrogens (tertiary/aromatic N) is 3. The Bertz CT molecular complexity index is 632. The number of aromatic nitrogens is 4. The number of hydrogen-bond donors (Lipinski definition) is 2. The molecule has 0 amide bonds. The number of imidazole rings is 1. The highest BCUT2D eigenvalue weighted by Crippen LogP contribution is 2.18. The Balaban J connectivity index is 2.64. The summed E-state index contributed by atoms with van der Waals surface area (Å²) < 4.78 is 6.57. The number of methoxy groups -OCH3 is 1. The minimum atomic E-state index is -0.523. The molecule has 90 valence electrons. The number of hydrogen-bond acceptors (Lipinski definition) is 6. The van der Waals surface area contributed by atoms with Gasteiger partial charge < -0.3 is 20.0 Å². The van der Waals surface area contributed by atoms with Crippen LogP contribution in [-0.2, 0) is 9.53 Å². The standard InChI is InChI=1S/C9H11N5O2S/c1-4(8(15)16-2)14-3-11-6-5(14)7(17)13-9(10)12-6/h3-4H,1-2H3,(H3,10,12,13,17)/t4-/m0/s1. The van der Waals surface area contributed by atoms with E-state index >= 15 is 0 Å². The lowest BCUT2D eigenvalue weighted by Gasteiger charge is -2.11. The van der Waals surface area contributed by atoms with Gasteiger partial charge in [0, 0.05) is 0 Å². The van der Waals surface area contributed by atoms with Crippen LogP contribution in [0.15, 0.2) is 6.33 Å². The van der Waals surface area contributed by atoms with Gasteiger partial charge in [-0.05, 0) is 6.92 Å². The van der Waals surface area contributed by atoms with Crippen LogP contribution in [0, 0.1) is 4.64 Å². The first-order chi connectivity index (χ1) is 8.04. The Morgan fingerprint density at radius 3 is 3.06 bits per heavy atom. The van der Waals surface area contributed by atoms with E-state index in [1.54, 1.807) is 11.5 Å². The van der Waals surface area contributed by atoms with E-state index in [4.69, 9.17) is 18.0 Å². The van der Waals surface area contributed by atoms with Crippen LogP contribution in [0.1, 0.15) is 13.0 Å². The number of nitrogens with two attached hydrogens (primary N) is 1. The second kappa shape index (κ2) is 4.13. The van der Waals surface area contributed by atoms with Crippen molar-refractivity contribution in [2.45, 2.75) is 13.0 Å². The van der Waals surface area contributed by atoms with Gasteiger partial charge in [0.2, 0.25) is 5.95 Å². The van der Waals surface area contributed by atoms with Gasteiger partial charge in [-0.15, -0.1) is 0 Å². The van der Waals surface area contributed by atoms with E-state index in [2.05, 4.69) is 19.7 Å². The van der Waals surface area contributed by atoms with E-state index in [1.165, 1.54) is 13.4 Å². The highest BCUT2D eigenvalue weighted by atomic mass is 32.1. The zero-order valence-corrected chi connectivity index (χ0v) is 10.1. The van der Waals surface area contributed by atoms with Crippen molar-refractivity contribution in [1.29, 1.82) is 0 Å². The molecule has 0 spiro atoms. The molecule has 0 radical (unpaired) electrons. The number of anilines is 1. The third-order valence-electron chi connectivity index (χ3n) is 2.42. The molecule has 0 aliphatic rings. The fourth-order valence-electron chi connectivity index (χ4n) is 1.55. The fourth-order valence-corrected chi connectivity index (χ4v) is 1.85. The number of rotatable bonds is 2. The fraction of sp³-hybridized carbons (Fsp3) is 0.333.